The Morgan fingerprint density at radius 1 is 1.23 bits per heavy atom. The van der Waals surface area contributed by atoms with E-state index in [9.17, 15) is 8.42 Å². The van der Waals surface area contributed by atoms with Crippen LogP contribution in [0.3, 0.4) is 0 Å². The average Bonchev–Trinajstić information content (AvgIpc) is 3.26. The SMILES string of the molecule is COC[C@@H]1CC2(CCN(S(=O)(=O)C3CC3)CC2)CN1C(C)C. The van der Waals surface area contributed by atoms with Crippen molar-refractivity contribution in [3.8, 4) is 0 Å². The molecular weight excluding hydrogens is 300 g/mol. The molecule has 22 heavy (non-hydrogen) atoms. The van der Waals surface area contributed by atoms with Gasteiger partial charge in [0.1, 0.15) is 0 Å². The summed E-state index contributed by atoms with van der Waals surface area (Å²) in [4.78, 5) is 2.55. The van der Waals surface area contributed by atoms with Crippen molar-refractivity contribution < 1.29 is 13.2 Å². The standard InChI is InChI=1S/C16H30N2O3S/c1-13(2)18-12-16(10-14(18)11-21-3)6-8-17(9-7-16)22(19,20)15-4-5-15/h13-15H,4-12H2,1-3H3/t14-/m0/s1. The summed E-state index contributed by atoms with van der Waals surface area (Å²) < 4.78 is 31.9. The first kappa shape index (κ1) is 16.7. The number of hydrogen-bond acceptors (Lipinski definition) is 4. The van der Waals surface area contributed by atoms with Crippen LogP contribution in [0.5, 0.6) is 0 Å². The van der Waals surface area contributed by atoms with E-state index in [4.69, 9.17) is 4.74 Å². The smallest absolute Gasteiger partial charge is 0.216 e. The number of likely N-dealkylation sites (tertiary alicyclic amines) is 1. The summed E-state index contributed by atoms with van der Waals surface area (Å²) in [5, 5.41) is -0.0708. The van der Waals surface area contributed by atoms with Crippen molar-refractivity contribution in [1.29, 1.82) is 0 Å². The molecule has 3 fully saturated rings. The Bertz CT molecular complexity index is 494. The van der Waals surface area contributed by atoms with E-state index in [-0.39, 0.29) is 5.25 Å². The zero-order valence-electron chi connectivity index (χ0n) is 14.1. The molecule has 3 aliphatic rings. The van der Waals surface area contributed by atoms with Gasteiger partial charge in [0.2, 0.25) is 10.0 Å². The van der Waals surface area contributed by atoms with Gasteiger partial charge in [-0.3, -0.25) is 4.90 Å². The highest BCUT2D eigenvalue weighted by molar-refractivity contribution is 7.90. The van der Waals surface area contributed by atoms with Crippen LogP contribution in [-0.2, 0) is 14.8 Å². The summed E-state index contributed by atoms with van der Waals surface area (Å²) in [6, 6.07) is 1.00. The number of sulfonamides is 1. The zero-order chi connectivity index (χ0) is 16.0. The van der Waals surface area contributed by atoms with Crippen LogP contribution >= 0.6 is 0 Å². The van der Waals surface area contributed by atoms with Gasteiger partial charge in [-0.1, -0.05) is 0 Å². The molecule has 1 spiro atoms. The van der Waals surface area contributed by atoms with E-state index >= 15 is 0 Å². The Balaban J connectivity index is 1.65. The van der Waals surface area contributed by atoms with Crippen LogP contribution < -0.4 is 0 Å². The number of hydrogen-bond donors (Lipinski definition) is 0. The van der Waals surface area contributed by atoms with Gasteiger partial charge in [0.15, 0.2) is 0 Å². The first-order valence-electron chi connectivity index (χ1n) is 8.62. The molecule has 0 radical (unpaired) electrons. The van der Waals surface area contributed by atoms with E-state index in [1.54, 1.807) is 11.4 Å². The summed E-state index contributed by atoms with van der Waals surface area (Å²) in [7, 11) is -1.22. The maximum Gasteiger partial charge on any atom is 0.216 e. The second-order valence-corrected chi connectivity index (χ2v) is 9.94. The number of rotatable bonds is 5. The summed E-state index contributed by atoms with van der Waals surface area (Å²) in [6.45, 7) is 7.79. The van der Waals surface area contributed by atoms with E-state index in [0.717, 1.165) is 45.3 Å². The van der Waals surface area contributed by atoms with E-state index in [2.05, 4.69) is 18.7 Å². The van der Waals surface area contributed by atoms with Gasteiger partial charge in [0.05, 0.1) is 11.9 Å². The molecule has 0 unspecified atom stereocenters. The molecule has 0 amide bonds. The Labute approximate surface area is 135 Å². The van der Waals surface area contributed by atoms with Crippen molar-refractivity contribution in [3.63, 3.8) is 0 Å². The molecule has 5 nitrogen and oxygen atoms in total. The minimum Gasteiger partial charge on any atom is -0.383 e. The molecule has 128 valence electrons. The number of ether oxygens (including phenoxy) is 1. The average molecular weight is 330 g/mol. The maximum atomic E-state index is 12.4. The van der Waals surface area contributed by atoms with Crippen molar-refractivity contribution in [3.05, 3.63) is 0 Å². The summed E-state index contributed by atoms with van der Waals surface area (Å²) in [6.07, 6.45) is 4.88. The second kappa shape index (κ2) is 6.04. The van der Waals surface area contributed by atoms with E-state index < -0.39 is 10.0 Å². The van der Waals surface area contributed by atoms with Crippen molar-refractivity contribution in [1.82, 2.24) is 9.21 Å². The third kappa shape index (κ3) is 3.07. The molecule has 2 aliphatic heterocycles. The predicted octanol–water partition coefficient (Wildman–Crippen LogP) is 1.69. The summed E-state index contributed by atoms with van der Waals surface area (Å²) >= 11 is 0. The molecule has 1 aliphatic carbocycles. The molecule has 1 atom stereocenters. The minimum absolute atomic E-state index is 0.0708. The van der Waals surface area contributed by atoms with Crippen LogP contribution in [0.4, 0.5) is 0 Å². The first-order valence-corrected chi connectivity index (χ1v) is 10.1. The van der Waals surface area contributed by atoms with Crippen molar-refractivity contribution in [2.24, 2.45) is 5.41 Å². The Hall–Kier alpha value is -0.170. The molecular formula is C16H30N2O3S. The number of piperidine rings is 1. The normalized spacial score (nSPS) is 30.5. The molecule has 0 aromatic carbocycles. The fraction of sp³-hybridized carbons (Fsp3) is 1.00. The highest BCUT2D eigenvalue weighted by Crippen LogP contribution is 2.45. The van der Waals surface area contributed by atoms with Crippen LogP contribution in [0, 0.1) is 5.41 Å². The molecule has 0 bridgehead atoms. The lowest BCUT2D eigenvalue weighted by molar-refractivity contribution is 0.0969. The maximum absolute atomic E-state index is 12.4. The lowest BCUT2D eigenvalue weighted by atomic mass is 9.77. The van der Waals surface area contributed by atoms with Gasteiger partial charge < -0.3 is 4.74 Å². The van der Waals surface area contributed by atoms with Crippen molar-refractivity contribution >= 4 is 10.0 Å². The highest BCUT2D eigenvalue weighted by atomic mass is 32.2. The van der Waals surface area contributed by atoms with Crippen LogP contribution in [0.2, 0.25) is 0 Å². The van der Waals surface area contributed by atoms with Gasteiger partial charge in [-0.05, 0) is 51.4 Å². The van der Waals surface area contributed by atoms with Crippen LogP contribution in [-0.4, -0.2) is 68.3 Å². The van der Waals surface area contributed by atoms with Crippen LogP contribution in [0.25, 0.3) is 0 Å². The molecule has 0 N–H and O–H groups in total. The van der Waals surface area contributed by atoms with Gasteiger partial charge in [-0.25, -0.2) is 12.7 Å². The molecule has 6 heteroatoms. The van der Waals surface area contributed by atoms with Gasteiger partial charge >= 0.3 is 0 Å². The third-order valence-electron chi connectivity index (χ3n) is 5.77. The van der Waals surface area contributed by atoms with Gasteiger partial charge in [-0.15, -0.1) is 0 Å². The largest absolute Gasteiger partial charge is 0.383 e. The van der Waals surface area contributed by atoms with E-state index in [1.165, 1.54) is 0 Å². The minimum atomic E-state index is -2.99. The van der Waals surface area contributed by atoms with Crippen LogP contribution in [0.1, 0.15) is 46.0 Å². The number of methoxy groups -OCH3 is 1. The highest BCUT2D eigenvalue weighted by Gasteiger charge is 2.49. The molecule has 1 saturated carbocycles. The van der Waals surface area contributed by atoms with E-state index in [0.29, 0.717) is 30.6 Å². The van der Waals surface area contributed by atoms with Gasteiger partial charge in [-0.2, -0.15) is 0 Å². The first-order chi connectivity index (χ1) is 10.4. The quantitative estimate of drug-likeness (QED) is 0.770. The summed E-state index contributed by atoms with van der Waals surface area (Å²) in [5.74, 6) is 0. The molecule has 2 saturated heterocycles. The number of nitrogens with zero attached hydrogens (tertiary/aromatic N) is 2. The zero-order valence-corrected chi connectivity index (χ0v) is 14.9. The Kier molecular flexibility index (Phi) is 4.58. The fourth-order valence-corrected chi connectivity index (χ4v) is 6.15. The fourth-order valence-electron chi connectivity index (χ4n) is 4.30. The van der Waals surface area contributed by atoms with E-state index in [1.807, 2.05) is 0 Å². The Morgan fingerprint density at radius 3 is 2.36 bits per heavy atom. The lowest BCUT2D eigenvalue weighted by Gasteiger charge is -2.39. The predicted molar refractivity (Wildman–Crippen MR) is 87.3 cm³/mol. The third-order valence-corrected chi connectivity index (χ3v) is 8.17. The van der Waals surface area contributed by atoms with Gasteiger partial charge in [0.25, 0.3) is 0 Å². The molecule has 0 aromatic heterocycles. The Morgan fingerprint density at radius 2 is 1.86 bits per heavy atom. The molecule has 3 rings (SSSR count). The van der Waals surface area contributed by atoms with Crippen LogP contribution in [0.15, 0.2) is 0 Å². The monoisotopic (exact) mass is 330 g/mol. The van der Waals surface area contributed by atoms with Crippen molar-refractivity contribution in [2.45, 2.75) is 63.3 Å². The molecule has 2 heterocycles. The van der Waals surface area contributed by atoms with Crippen molar-refractivity contribution in [2.75, 3.05) is 33.4 Å². The second-order valence-electron chi connectivity index (χ2n) is 7.72. The van der Waals surface area contributed by atoms with Gasteiger partial charge in [0, 0.05) is 38.8 Å². The topological polar surface area (TPSA) is 49.9 Å². The molecule has 0 aromatic rings. The lowest BCUT2D eigenvalue weighted by Crippen LogP contribution is -2.45. The summed E-state index contributed by atoms with van der Waals surface area (Å²) in [5.41, 5.74) is 0.295.